The second-order valence-corrected chi connectivity index (χ2v) is 11.5. The molecule has 0 unspecified atom stereocenters. The summed E-state index contributed by atoms with van der Waals surface area (Å²) in [5, 5.41) is 9.84. The van der Waals surface area contributed by atoms with Crippen molar-refractivity contribution in [2.75, 3.05) is 24.5 Å². The molecule has 0 spiro atoms. The van der Waals surface area contributed by atoms with E-state index in [0.29, 0.717) is 27.9 Å². The fourth-order valence-corrected chi connectivity index (χ4v) is 6.36. The fraction of sp³-hybridized carbons (Fsp3) is 0.643. The zero-order valence-electron chi connectivity index (χ0n) is 22.1. The summed E-state index contributed by atoms with van der Waals surface area (Å²) in [5.74, 6) is 0.785. The number of nitriles is 1. The highest BCUT2D eigenvalue weighted by Gasteiger charge is 2.33. The molecule has 8 heteroatoms. The predicted octanol–water partition coefficient (Wildman–Crippen LogP) is 6.38. The van der Waals surface area contributed by atoms with Gasteiger partial charge in [0.1, 0.15) is 21.8 Å². The van der Waals surface area contributed by atoms with Gasteiger partial charge in [0.25, 0.3) is 11.5 Å². The van der Waals surface area contributed by atoms with Crippen LogP contribution < -0.4 is 10.5 Å². The molecule has 1 aromatic heterocycles. The van der Waals surface area contributed by atoms with Crippen molar-refractivity contribution in [3.05, 3.63) is 31.9 Å². The molecule has 2 aliphatic heterocycles. The normalized spacial score (nSPS) is 17.7. The van der Waals surface area contributed by atoms with Crippen molar-refractivity contribution in [3.8, 4) is 6.07 Å². The largest absolute Gasteiger partial charge is 0.357 e. The maximum absolute atomic E-state index is 13.4. The molecule has 1 amide bonds. The summed E-state index contributed by atoms with van der Waals surface area (Å²) in [6.45, 7) is 9.01. The van der Waals surface area contributed by atoms with E-state index in [1.807, 2.05) is 19.9 Å². The molecule has 3 rings (SSSR count). The van der Waals surface area contributed by atoms with Crippen LogP contribution in [-0.4, -0.2) is 39.3 Å². The van der Waals surface area contributed by atoms with Crippen molar-refractivity contribution in [3.63, 3.8) is 0 Å². The maximum Gasteiger partial charge on any atom is 0.270 e. The fourth-order valence-electron chi connectivity index (χ4n) is 5.07. The van der Waals surface area contributed by atoms with Gasteiger partial charge >= 0.3 is 0 Å². The number of aromatic nitrogens is 1. The first-order valence-corrected chi connectivity index (χ1v) is 14.8. The molecule has 2 saturated heterocycles. The predicted molar refractivity (Wildman–Crippen MR) is 154 cm³/mol. The number of nitrogens with zero attached hydrogens (tertiary/aromatic N) is 4. The Bertz CT molecular complexity index is 1080. The first-order chi connectivity index (χ1) is 17.4. The van der Waals surface area contributed by atoms with Crippen LogP contribution >= 0.6 is 24.0 Å². The van der Waals surface area contributed by atoms with Gasteiger partial charge in [0, 0.05) is 31.7 Å². The zero-order valence-corrected chi connectivity index (χ0v) is 23.7. The standard InChI is InChI=1S/C28H40N4O2S2/c1-4-6-7-8-9-14-18-32-27(34)24(36-28(32)35)19-22-21(3)23(20-29)26(33)31(15-5-2)25(22)30-16-12-10-11-13-17-30/h19H,4-18H2,1-3H3/b24-19-. The summed E-state index contributed by atoms with van der Waals surface area (Å²) in [5.41, 5.74) is 1.39. The average Bonchev–Trinajstić information content (AvgIpc) is 3.03. The molecule has 1 aromatic rings. The molecule has 196 valence electrons. The molecule has 36 heavy (non-hydrogen) atoms. The minimum Gasteiger partial charge on any atom is -0.357 e. The summed E-state index contributed by atoms with van der Waals surface area (Å²) in [6.07, 6.45) is 14.1. The summed E-state index contributed by atoms with van der Waals surface area (Å²) in [6, 6.07) is 2.14. The average molecular weight is 529 g/mol. The summed E-state index contributed by atoms with van der Waals surface area (Å²) in [4.78, 5) is 31.3. The number of hydrogen-bond acceptors (Lipinski definition) is 6. The molecule has 3 heterocycles. The summed E-state index contributed by atoms with van der Waals surface area (Å²) < 4.78 is 2.36. The quantitative estimate of drug-likeness (QED) is 0.189. The monoisotopic (exact) mass is 528 g/mol. The third-order valence-electron chi connectivity index (χ3n) is 7.08. The number of rotatable bonds is 11. The molecule has 0 saturated carbocycles. The summed E-state index contributed by atoms with van der Waals surface area (Å²) >= 11 is 6.92. The van der Waals surface area contributed by atoms with Gasteiger partial charge < -0.3 is 4.90 Å². The molecule has 2 aliphatic rings. The number of carbonyl (C=O) groups is 1. The van der Waals surface area contributed by atoms with Gasteiger partial charge in [-0.3, -0.25) is 19.1 Å². The topological polar surface area (TPSA) is 69.3 Å². The lowest BCUT2D eigenvalue weighted by molar-refractivity contribution is -0.122. The maximum atomic E-state index is 13.4. The smallest absolute Gasteiger partial charge is 0.270 e. The van der Waals surface area contributed by atoms with Crippen LogP contribution in [0, 0.1) is 18.3 Å². The third kappa shape index (κ3) is 6.60. The van der Waals surface area contributed by atoms with Gasteiger partial charge in [-0.1, -0.05) is 82.8 Å². The lowest BCUT2D eigenvalue weighted by Gasteiger charge is -2.29. The minimum absolute atomic E-state index is 0.0634. The van der Waals surface area contributed by atoms with Crippen molar-refractivity contribution in [2.45, 2.75) is 97.9 Å². The number of amides is 1. The third-order valence-corrected chi connectivity index (χ3v) is 8.46. The molecule has 0 N–H and O–H groups in total. The van der Waals surface area contributed by atoms with Crippen LogP contribution in [0.4, 0.5) is 5.82 Å². The Kier molecular flexibility index (Phi) is 11.1. The Morgan fingerprint density at radius 3 is 2.28 bits per heavy atom. The van der Waals surface area contributed by atoms with Crippen molar-refractivity contribution < 1.29 is 4.79 Å². The molecule has 0 atom stereocenters. The van der Waals surface area contributed by atoms with E-state index < -0.39 is 0 Å². The van der Waals surface area contributed by atoms with E-state index in [2.05, 4.69) is 17.9 Å². The molecule has 0 aliphatic carbocycles. The van der Waals surface area contributed by atoms with E-state index in [0.717, 1.165) is 56.6 Å². The van der Waals surface area contributed by atoms with E-state index in [4.69, 9.17) is 12.2 Å². The highest BCUT2D eigenvalue weighted by atomic mass is 32.2. The highest BCUT2D eigenvalue weighted by Crippen LogP contribution is 2.36. The van der Waals surface area contributed by atoms with Crippen LogP contribution in [-0.2, 0) is 11.3 Å². The van der Waals surface area contributed by atoms with Gasteiger partial charge in [-0.25, -0.2) is 0 Å². The van der Waals surface area contributed by atoms with Gasteiger partial charge in [0.15, 0.2) is 0 Å². The second-order valence-electron chi connectivity index (χ2n) is 9.81. The number of pyridine rings is 1. The molecule has 0 radical (unpaired) electrons. The van der Waals surface area contributed by atoms with Crippen molar-refractivity contribution in [2.24, 2.45) is 0 Å². The van der Waals surface area contributed by atoms with E-state index in [-0.39, 0.29) is 17.0 Å². The van der Waals surface area contributed by atoms with Crippen molar-refractivity contribution in [1.82, 2.24) is 9.47 Å². The Morgan fingerprint density at radius 2 is 1.64 bits per heavy atom. The molecular formula is C28H40N4O2S2. The summed E-state index contributed by atoms with van der Waals surface area (Å²) in [7, 11) is 0. The van der Waals surface area contributed by atoms with Gasteiger partial charge in [0.2, 0.25) is 0 Å². The zero-order chi connectivity index (χ0) is 26.1. The Labute approximate surface area is 225 Å². The van der Waals surface area contributed by atoms with Crippen LogP contribution in [0.2, 0.25) is 0 Å². The van der Waals surface area contributed by atoms with Crippen LogP contribution in [0.15, 0.2) is 9.70 Å². The molecule has 2 fully saturated rings. The van der Waals surface area contributed by atoms with E-state index in [1.54, 1.807) is 9.47 Å². The number of anilines is 1. The van der Waals surface area contributed by atoms with Crippen LogP contribution in [0.1, 0.15) is 101 Å². The van der Waals surface area contributed by atoms with Crippen LogP contribution in [0.5, 0.6) is 0 Å². The Balaban J connectivity index is 1.98. The first kappa shape index (κ1) is 28.5. The van der Waals surface area contributed by atoms with E-state index >= 15 is 0 Å². The SMILES string of the molecule is CCCCCCCCN1C(=O)/C(=C/c2c(C)c(C#N)c(=O)n(CCC)c2N2CCCCCC2)SC1=S. The lowest BCUT2D eigenvalue weighted by atomic mass is 10.0. The Morgan fingerprint density at radius 1 is 0.972 bits per heavy atom. The first-order valence-electron chi connectivity index (χ1n) is 13.6. The van der Waals surface area contributed by atoms with Gasteiger partial charge in [-0.05, 0) is 44.2 Å². The number of hydrogen-bond donors (Lipinski definition) is 0. The molecule has 6 nitrogen and oxygen atoms in total. The molecule has 0 aromatic carbocycles. The second kappa shape index (κ2) is 14.0. The van der Waals surface area contributed by atoms with Gasteiger partial charge in [-0.15, -0.1) is 0 Å². The molecule has 0 bridgehead atoms. The van der Waals surface area contributed by atoms with Crippen molar-refractivity contribution >= 4 is 46.1 Å². The number of thioether (sulfide) groups is 1. The van der Waals surface area contributed by atoms with Crippen LogP contribution in [0.3, 0.4) is 0 Å². The van der Waals surface area contributed by atoms with Gasteiger partial charge in [-0.2, -0.15) is 5.26 Å². The molecular weight excluding hydrogens is 488 g/mol. The van der Waals surface area contributed by atoms with E-state index in [9.17, 15) is 14.9 Å². The van der Waals surface area contributed by atoms with Crippen molar-refractivity contribution in [1.29, 1.82) is 5.26 Å². The minimum atomic E-state index is -0.233. The number of carbonyl (C=O) groups excluding carboxylic acids is 1. The lowest BCUT2D eigenvalue weighted by Crippen LogP contribution is -2.35. The highest BCUT2D eigenvalue weighted by molar-refractivity contribution is 8.26. The van der Waals surface area contributed by atoms with E-state index in [1.165, 1.54) is 50.3 Å². The van der Waals surface area contributed by atoms with Gasteiger partial charge in [0.05, 0.1) is 4.91 Å². The van der Waals surface area contributed by atoms with Crippen LogP contribution in [0.25, 0.3) is 6.08 Å². The Hall–Kier alpha value is -2.11. The number of thiocarbonyl (C=S) groups is 1. The number of unbranched alkanes of at least 4 members (excludes halogenated alkanes) is 5.